The quantitative estimate of drug-likeness (QED) is 0.415. The molecule has 0 spiro atoms. The van der Waals surface area contributed by atoms with Gasteiger partial charge in [-0.1, -0.05) is 27.5 Å². The summed E-state index contributed by atoms with van der Waals surface area (Å²) in [6, 6.07) is 7.14. The van der Waals surface area contributed by atoms with Crippen LogP contribution in [0.15, 0.2) is 45.8 Å². The van der Waals surface area contributed by atoms with Crippen molar-refractivity contribution in [2.75, 3.05) is 4.72 Å². The number of non-ortho nitro benzene ring substituents is 1. The average molecular weight is 454 g/mol. The monoisotopic (exact) mass is 452 g/mol. The van der Waals surface area contributed by atoms with Crippen LogP contribution in [0.4, 0.5) is 11.4 Å². The third kappa shape index (κ3) is 4.04. The number of nitrogens with one attached hydrogen (secondary N) is 1. The molecule has 11 heteroatoms. The zero-order valence-corrected chi connectivity index (χ0v) is 15.4. The van der Waals surface area contributed by atoms with Crippen LogP contribution in [-0.2, 0) is 10.0 Å². The van der Waals surface area contributed by atoms with Gasteiger partial charge in [0.1, 0.15) is 4.90 Å². The number of benzene rings is 2. The van der Waals surface area contributed by atoms with E-state index >= 15 is 0 Å². The fourth-order valence-electron chi connectivity index (χ4n) is 1.79. The van der Waals surface area contributed by atoms with Crippen molar-refractivity contribution in [2.45, 2.75) is 4.90 Å². The lowest BCUT2D eigenvalue weighted by Crippen LogP contribution is -2.15. The fourth-order valence-corrected chi connectivity index (χ4v) is 3.93. The molecule has 0 amide bonds. The highest BCUT2D eigenvalue weighted by Gasteiger charge is 2.22. The van der Waals surface area contributed by atoms with Crippen molar-refractivity contribution in [3.05, 3.63) is 61.6 Å². The molecule has 0 saturated carbocycles. The Hall–Kier alpha value is -1.68. The summed E-state index contributed by atoms with van der Waals surface area (Å²) in [6.45, 7) is 0. The van der Waals surface area contributed by atoms with E-state index < -0.39 is 20.2 Å². The molecule has 0 unspecified atom stereocenters. The van der Waals surface area contributed by atoms with Gasteiger partial charge in [0.15, 0.2) is 0 Å². The van der Waals surface area contributed by atoms with Crippen molar-refractivity contribution in [3.63, 3.8) is 0 Å². The maximum absolute atomic E-state index is 12.4. The van der Waals surface area contributed by atoms with Gasteiger partial charge < -0.3 is 0 Å². The number of carbonyl (C=O) groups excluding carboxylic acids is 1. The molecular formula is C13H7BrCl2N2O5S. The maximum atomic E-state index is 12.4. The SMILES string of the molecule is O=C(Cl)c1cc(Br)ccc1NS(=O)(=O)c1ccc([N+](=O)[O-])cc1Cl. The topological polar surface area (TPSA) is 106 Å². The molecule has 0 radical (unpaired) electrons. The first-order valence-corrected chi connectivity index (χ1v) is 9.11. The first-order valence-electron chi connectivity index (χ1n) is 6.08. The van der Waals surface area contributed by atoms with E-state index in [1.165, 1.54) is 18.2 Å². The zero-order chi connectivity index (χ0) is 18.1. The second kappa shape index (κ2) is 7.06. The Balaban J connectivity index is 2.47. The van der Waals surface area contributed by atoms with Gasteiger partial charge in [0.05, 0.1) is 21.2 Å². The average Bonchev–Trinajstić information content (AvgIpc) is 2.48. The van der Waals surface area contributed by atoms with Gasteiger partial charge in [-0.15, -0.1) is 0 Å². The molecule has 0 fully saturated rings. The van der Waals surface area contributed by atoms with Crippen LogP contribution >= 0.6 is 39.1 Å². The van der Waals surface area contributed by atoms with Gasteiger partial charge in [-0.3, -0.25) is 19.6 Å². The Bertz CT molecular complexity index is 949. The Morgan fingerprint density at radius 1 is 1.21 bits per heavy atom. The van der Waals surface area contributed by atoms with Gasteiger partial charge >= 0.3 is 0 Å². The van der Waals surface area contributed by atoms with E-state index in [1.54, 1.807) is 0 Å². The number of nitro groups is 1. The molecule has 0 aromatic heterocycles. The molecule has 2 aromatic carbocycles. The van der Waals surface area contributed by atoms with Crippen molar-refractivity contribution in [1.29, 1.82) is 0 Å². The van der Waals surface area contributed by atoms with Crippen LogP contribution in [0.2, 0.25) is 5.02 Å². The highest BCUT2D eigenvalue weighted by Crippen LogP contribution is 2.30. The van der Waals surface area contributed by atoms with Gasteiger partial charge in [0.25, 0.3) is 21.0 Å². The van der Waals surface area contributed by atoms with Crippen molar-refractivity contribution in [2.24, 2.45) is 0 Å². The summed E-state index contributed by atoms with van der Waals surface area (Å²) in [6.07, 6.45) is 0. The number of hydrogen-bond donors (Lipinski definition) is 1. The molecule has 0 aliphatic carbocycles. The number of nitrogens with zero attached hydrogens (tertiary/aromatic N) is 1. The van der Waals surface area contributed by atoms with E-state index in [4.69, 9.17) is 23.2 Å². The fraction of sp³-hybridized carbons (Fsp3) is 0. The van der Waals surface area contributed by atoms with Crippen LogP contribution in [0, 0.1) is 10.1 Å². The third-order valence-electron chi connectivity index (χ3n) is 2.85. The van der Waals surface area contributed by atoms with Crippen LogP contribution in [-0.4, -0.2) is 18.6 Å². The van der Waals surface area contributed by atoms with Gasteiger partial charge in [-0.05, 0) is 35.9 Å². The standard InChI is InChI=1S/C13H7BrCl2N2O5S/c14-7-1-3-11(9(5-7)13(16)19)17-24(22,23)12-4-2-8(18(20)21)6-10(12)15/h1-6,17H. The molecule has 2 rings (SSSR count). The predicted molar refractivity (Wildman–Crippen MR) is 93.2 cm³/mol. The van der Waals surface area contributed by atoms with Crippen LogP contribution in [0.5, 0.6) is 0 Å². The lowest BCUT2D eigenvalue weighted by atomic mass is 10.2. The summed E-state index contributed by atoms with van der Waals surface area (Å²) >= 11 is 14.4. The van der Waals surface area contributed by atoms with Crippen molar-refractivity contribution in [3.8, 4) is 0 Å². The predicted octanol–water partition coefficient (Wildman–Crippen LogP) is 4.19. The Morgan fingerprint density at radius 3 is 2.42 bits per heavy atom. The summed E-state index contributed by atoms with van der Waals surface area (Å²) in [5.74, 6) is 0. The molecule has 0 saturated heterocycles. The van der Waals surface area contributed by atoms with E-state index in [1.807, 2.05) is 0 Å². The van der Waals surface area contributed by atoms with Crippen LogP contribution in [0.1, 0.15) is 10.4 Å². The van der Waals surface area contributed by atoms with Crippen LogP contribution in [0.25, 0.3) is 0 Å². The minimum Gasteiger partial charge on any atom is -0.279 e. The van der Waals surface area contributed by atoms with Crippen LogP contribution in [0.3, 0.4) is 0 Å². The molecule has 1 N–H and O–H groups in total. The van der Waals surface area contributed by atoms with Gasteiger partial charge in [-0.25, -0.2) is 8.42 Å². The molecule has 2 aromatic rings. The molecule has 0 heterocycles. The zero-order valence-electron chi connectivity index (χ0n) is 11.5. The number of hydrogen-bond acceptors (Lipinski definition) is 5. The number of anilines is 1. The second-order valence-electron chi connectivity index (χ2n) is 4.44. The smallest absolute Gasteiger partial charge is 0.271 e. The minimum absolute atomic E-state index is 0.0485. The molecule has 7 nitrogen and oxygen atoms in total. The van der Waals surface area contributed by atoms with Gasteiger partial charge in [0, 0.05) is 16.6 Å². The summed E-state index contributed by atoms with van der Waals surface area (Å²) in [4.78, 5) is 21.0. The number of nitro benzene ring substituents is 1. The van der Waals surface area contributed by atoms with Gasteiger partial charge in [0.2, 0.25) is 0 Å². The normalized spacial score (nSPS) is 11.1. The molecular weight excluding hydrogens is 447 g/mol. The van der Waals surface area contributed by atoms with E-state index in [2.05, 4.69) is 20.7 Å². The highest BCUT2D eigenvalue weighted by atomic mass is 79.9. The Morgan fingerprint density at radius 2 is 1.88 bits per heavy atom. The molecule has 24 heavy (non-hydrogen) atoms. The Kier molecular flexibility index (Phi) is 5.49. The van der Waals surface area contributed by atoms with Crippen molar-refractivity contribution >= 4 is 65.8 Å². The highest BCUT2D eigenvalue weighted by molar-refractivity contribution is 9.10. The lowest BCUT2D eigenvalue weighted by Gasteiger charge is -2.12. The molecule has 0 aliphatic heterocycles. The summed E-state index contributed by atoms with van der Waals surface area (Å²) in [5, 5.41) is 9.50. The number of carbonyl (C=O) groups is 1. The lowest BCUT2D eigenvalue weighted by molar-refractivity contribution is -0.384. The first-order chi connectivity index (χ1) is 11.1. The largest absolute Gasteiger partial charge is 0.279 e. The molecule has 126 valence electrons. The number of sulfonamides is 1. The third-order valence-corrected chi connectivity index (χ3v) is 5.40. The van der Waals surface area contributed by atoms with E-state index in [0.717, 1.165) is 18.2 Å². The molecule has 0 aliphatic rings. The Labute approximate surface area is 154 Å². The first kappa shape index (κ1) is 18.7. The second-order valence-corrected chi connectivity index (χ2v) is 7.76. The van der Waals surface area contributed by atoms with Crippen LogP contribution < -0.4 is 4.72 Å². The summed E-state index contributed by atoms with van der Waals surface area (Å²) < 4.78 is 27.6. The molecule has 0 bridgehead atoms. The van der Waals surface area contributed by atoms with E-state index in [9.17, 15) is 23.3 Å². The van der Waals surface area contributed by atoms with Crippen molar-refractivity contribution in [1.82, 2.24) is 0 Å². The van der Waals surface area contributed by atoms with E-state index in [-0.39, 0.29) is 26.9 Å². The summed E-state index contributed by atoms with van der Waals surface area (Å²) in [7, 11) is -4.19. The van der Waals surface area contributed by atoms with Crippen molar-refractivity contribution < 1.29 is 18.1 Å². The van der Waals surface area contributed by atoms with E-state index in [0.29, 0.717) is 4.47 Å². The number of rotatable bonds is 5. The van der Waals surface area contributed by atoms with Gasteiger partial charge in [-0.2, -0.15) is 0 Å². The number of halogens is 3. The summed E-state index contributed by atoms with van der Waals surface area (Å²) in [5.41, 5.74) is -0.459. The minimum atomic E-state index is -4.19. The molecule has 0 atom stereocenters. The maximum Gasteiger partial charge on any atom is 0.271 e.